The molecule has 1 fully saturated rings. The topological polar surface area (TPSA) is 71.9 Å². The van der Waals surface area contributed by atoms with E-state index in [4.69, 9.17) is 4.74 Å². The first-order valence-corrected chi connectivity index (χ1v) is 9.62. The first-order valence-electron chi connectivity index (χ1n) is 9.62. The summed E-state index contributed by atoms with van der Waals surface area (Å²) in [6, 6.07) is 7.28. The molecule has 1 aliphatic rings. The minimum atomic E-state index is -0.247. The van der Waals surface area contributed by atoms with Gasteiger partial charge in [0.1, 0.15) is 5.75 Å². The molecule has 1 aromatic carbocycles. The Morgan fingerprint density at radius 3 is 2.42 bits per heavy atom. The standard InChI is InChI=1S/C20H31N3O3/c1-4-23(15(2)20(25)22-16-8-6-5-7-9-16)14-19(24)21-17-10-12-18(26-3)13-11-17/h10-13,15-16H,4-9,14H2,1-3H3,(H,21,24)(H,22,25)/p+1/t15-/m1/s1. The van der Waals surface area contributed by atoms with E-state index in [9.17, 15) is 9.59 Å². The number of likely N-dealkylation sites (N-methyl/N-ethyl adjacent to an activating group) is 1. The van der Waals surface area contributed by atoms with Crippen molar-refractivity contribution in [2.75, 3.05) is 25.5 Å². The summed E-state index contributed by atoms with van der Waals surface area (Å²) < 4.78 is 5.11. The van der Waals surface area contributed by atoms with E-state index in [-0.39, 0.29) is 24.4 Å². The van der Waals surface area contributed by atoms with Gasteiger partial charge in [-0.15, -0.1) is 0 Å². The van der Waals surface area contributed by atoms with Crippen LogP contribution in [0, 0.1) is 0 Å². The fraction of sp³-hybridized carbons (Fsp3) is 0.600. The summed E-state index contributed by atoms with van der Waals surface area (Å²) in [6.07, 6.45) is 5.78. The van der Waals surface area contributed by atoms with Gasteiger partial charge in [-0.3, -0.25) is 9.59 Å². The third-order valence-electron chi connectivity index (χ3n) is 5.17. The molecule has 0 aliphatic heterocycles. The van der Waals surface area contributed by atoms with Crippen LogP contribution in [0.4, 0.5) is 5.69 Å². The number of ether oxygens (including phenoxy) is 1. The van der Waals surface area contributed by atoms with Crippen LogP contribution in [0.15, 0.2) is 24.3 Å². The fourth-order valence-corrected chi connectivity index (χ4v) is 3.43. The molecule has 0 heterocycles. The van der Waals surface area contributed by atoms with Crippen molar-refractivity contribution >= 4 is 17.5 Å². The molecule has 0 spiro atoms. The lowest BCUT2D eigenvalue weighted by Gasteiger charge is -2.27. The highest BCUT2D eigenvalue weighted by molar-refractivity contribution is 5.91. The molecule has 3 N–H and O–H groups in total. The van der Waals surface area contributed by atoms with E-state index < -0.39 is 0 Å². The molecular formula is C20H32N3O3+. The van der Waals surface area contributed by atoms with Crippen molar-refractivity contribution in [2.45, 2.75) is 58.0 Å². The molecule has 26 heavy (non-hydrogen) atoms. The number of nitrogens with one attached hydrogen (secondary N) is 3. The summed E-state index contributed by atoms with van der Waals surface area (Å²) >= 11 is 0. The van der Waals surface area contributed by atoms with Gasteiger partial charge >= 0.3 is 0 Å². The van der Waals surface area contributed by atoms with Gasteiger partial charge in [0.15, 0.2) is 12.6 Å². The van der Waals surface area contributed by atoms with Gasteiger partial charge in [0.2, 0.25) is 0 Å². The van der Waals surface area contributed by atoms with Crippen molar-refractivity contribution < 1.29 is 19.2 Å². The van der Waals surface area contributed by atoms with Crippen molar-refractivity contribution in [3.63, 3.8) is 0 Å². The van der Waals surface area contributed by atoms with Gasteiger partial charge in [-0.2, -0.15) is 0 Å². The second-order valence-electron chi connectivity index (χ2n) is 7.03. The Hall–Kier alpha value is -2.08. The number of benzene rings is 1. The van der Waals surface area contributed by atoms with Crippen LogP contribution in [0.2, 0.25) is 0 Å². The van der Waals surface area contributed by atoms with Gasteiger partial charge in [0, 0.05) is 11.7 Å². The molecule has 144 valence electrons. The largest absolute Gasteiger partial charge is 0.497 e. The lowest BCUT2D eigenvalue weighted by molar-refractivity contribution is -0.904. The van der Waals surface area contributed by atoms with Crippen LogP contribution in [-0.4, -0.2) is 44.1 Å². The number of carbonyl (C=O) groups is 2. The third-order valence-corrected chi connectivity index (χ3v) is 5.17. The molecule has 0 radical (unpaired) electrons. The number of hydrogen-bond donors (Lipinski definition) is 3. The molecule has 1 unspecified atom stereocenters. The summed E-state index contributed by atoms with van der Waals surface area (Å²) in [5.74, 6) is 0.701. The summed E-state index contributed by atoms with van der Waals surface area (Å²) in [4.78, 5) is 25.9. The maximum absolute atomic E-state index is 12.5. The summed E-state index contributed by atoms with van der Waals surface area (Å²) in [5.41, 5.74) is 0.727. The second kappa shape index (κ2) is 10.2. The van der Waals surface area contributed by atoms with Gasteiger partial charge in [-0.25, -0.2) is 0 Å². The zero-order valence-corrected chi connectivity index (χ0v) is 16.1. The van der Waals surface area contributed by atoms with Gasteiger partial charge in [-0.1, -0.05) is 19.3 Å². The lowest BCUT2D eigenvalue weighted by Crippen LogP contribution is -3.17. The Balaban J connectivity index is 1.85. The quantitative estimate of drug-likeness (QED) is 0.654. The molecule has 1 aliphatic carbocycles. The van der Waals surface area contributed by atoms with Crippen LogP contribution in [0.5, 0.6) is 5.75 Å². The first-order chi connectivity index (χ1) is 12.5. The summed E-state index contributed by atoms with van der Waals surface area (Å²) in [7, 11) is 1.61. The molecule has 2 rings (SSSR count). The predicted molar refractivity (Wildman–Crippen MR) is 102 cm³/mol. The number of quaternary nitrogens is 1. The van der Waals surface area contributed by atoms with Gasteiger partial charge in [0.05, 0.1) is 13.7 Å². The predicted octanol–water partition coefficient (Wildman–Crippen LogP) is 1.38. The highest BCUT2D eigenvalue weighted by Crippen LogP contribution is 2.17. The van der Waals surface area contributed by atoms with Gasteiger partial charge < -0.3 is 20.3 Å². The summed E-state index contributed by atoms with van der Waals surface area (Å²) in [5, 5.41) is 6.05. The number of methoxy groups -OCH3 is 1. The van der Waals surface area contributed by atoms with Gasteiger partial charge in [0.25, 0.3) is 11.8 Å². The van der Waals surface area contributed by atoms with E-state index in [1.165, 1.54) is 19.3 Å². The van der Waals surface area contributed by atoms with Crippen LogP contribution in [0.3, 0.4) is 0 Å². The maximum Gasteiger partial charge on any atom is 0.279 e. The van der Waals surface area contributed by atoms with Crippen molar-refractivity contribution in [1.29, 1.82) is 0 Å². The fourth-order valence-electron chi connectivity index (χ4n) is 3.43. The molecule has 1 saturated carbocycles. The number of rotatable bonds is 8. The minimum Gasteiger partial charge on any atom is -0.497 e. The Kier molecular flexibility index (Phi) is 7.91. The third kappa shape index (κ3) is 6.02. The Bertz CT molecular complexity index is 582. The zero-order valence-electron chi connectivity index (χ0n) is 16.1. The second-order valence-corrected chi connectivity index (χ2v) is 7.03. The van der Waals surface area contributed by atoms with Crippen molar-refractivity contribution in [2.24, 2.45) is 0 Å². The Morgan fingerprint density at radius 1 is 1.19 bits per heavy atom. The van der Waals surface area contributed by atoms with E-state index in [0.717, 1.165) is 35.7 Å². The first kappa shape index (κ1) is 20.2. The number of carbonyl (C=O) groups excluding carboxylic acids is 2. The van der Waals surface area contributed by atoms with Crippen molar-refractivity contribution in [3.8, 4) is 5.75 Å². The molecule has 2 atom stereocenters. The van der Waals surface area contributed by atoms with E-state index in [2.05, 4.69) is 10.6 Å². The normalized spacial score (nSPS) is 17.2. The summed E-state index contributed by atoms with van der Waals surface area (Å²) in [6.45, 7) is 4.88. The maximum atomic E-state index is 12.5. The van der Waals surface area contributed by atoms with Crippen LogP contribution >= 0.6 is 0 Å². The van der Waals surface area contributed by atoms with E-state index >= 15 is 0 Å². The number of amides is 2. The molecule has 6 nitrogen and oxygen atoms in total. The molecule has 0 aromatic heterocycles. The zero-order chi connectivity index (χ0) is 18.9. The lowest BCUT2D eigenvalue weighted by atomic mass is 9.95. The van der Waals surface area contributed by atoms with E-state index in [1.807, 2.05) is 26.0 Å². The smallest absolute Gasteiger partial charge is 0.279 e. The SMILES string of the molecule is CC[NH+](CC(=O)Nc1ccc(OC)cc1)[C@H](C)C(=O)NC1CCCCC1. The monoisotopic (exact) mass is 362 g/mol. The average Bonchev–Trinajstić information content (AvgIpc) is 2.67. The average molecular weight is 362 g/mol. The molecule has 0 saturated heterocycles. The van der Waals surface area contributed by atoms with Crippen molar-refractivity contribution in [3.05, 3.63) is 24.3 Å². The van der Waals surface area contributed by atoms with E-state index in [0.29, 0.717) is 6.04 Å². The highest BCUT2D eigenvalue weighted by atomic mass is 16.5. The van der Waals surface area contributed by atoms with Gasteiger partial charge in [-0.05, 0) is 51.0 Å². The van der Waals surface area contributed by atoms with Crippen molar-refractivity contribution in [1.82, 2.24) is 5.32 Å². The van der Waals surface area contributed by atoms with Crippen LogP contribution in [0.25, 0.3) is 0 Å². The molecule has 0 bridgehead atoms. The Morgan fingerprint density at radius 2 is 1.85 bits per heavy atom. The number of anilines is 1. The number of hydrogen-bond acceptors (Lipinski definition) is 3. The molecule has 1 aromatic rings. The van der Waals surface area contributed by atoms with Crippen LogP contribution < -0.4 is 20.3 Å². The minimum absolute atomic E-state index is 0.0472. The van der Waals surface area contributed by atoms with Crippen LogP contribution in [-0.2, 0) is 9.59 Å². The molecule has 6 heteroatoms. The highest BCUT2D eigenvalue weighted by Gasteiger charge is 2.28. The Labute approximate surface area is 156 Å². The van der Waals surface area contributed by atoms with E-state index in [1.54, 1.807) is 19.2 Å². The molecule has 2 amide bonds. The van der Waals surface area contributed by atoms with Crippen LogP contribution in [0.1, 0.15) is 46.0 Å². The molecular weight excluding hydrogens is 330 g/mol.